The Morgan fingerprint density at radius 1 is 1.35 bits per heavy atom. The highest BCUT2D eigenvalue weighted by Crippen LogP contribution is 2.49. The van der Waals surface area contributed by atoms with Crippen LogP contribution in [0.2, 0.25) is 0 Å². The lowest BCUT2D eigenvalue weighted by Gasteiger charge is -2.23. The Bertz CT molecular complexity index is 807. The molecule has 2 heterocycles. The quantitative estimate of drug-likeness (QED) is 0.608. The first kappa shape index (κ1) is 18.4. The maximum absolute atomic E-state index is 12.6. The molecule has 7 heteroatoms. The van der Waals surface area contributed by atoms with Crippen LogP contribution < -0.4 is 5.32 Å². The lowest BCUT2D eigenvalue weighted by atomic mass is 9.78. The summed E-state index contributed by atoms with van der Waals surface area (Å²) in [5.74, 6) is -1.05. The van der Waals surface area contributed by atoms with Gasteiger partial charge in [0.25, 0.3) is 0 Å². The van der Waals surface area contributed by atoms with E-state index in [0.29, 0.717) is 17.2 Å². The molecule has 0 radical (unpaired) electrons. The van der Waals surface area contributed by atoms with Gasteiger partial charge in [-0.3, -0.25) is 9.59 Å². The van der Waals surface area contributed by atoms with Crippen molar-refractivity contribution in [2.45, 2.75) is 39.2 Å². The van der Waals surface area contributed by atoms with Crippen molar-refractivity contribution >= 4 is 34.1 Å². The second-order valence-corrected chi connectivity index (χ2v) is 7.34. The molecule has 138 valence electrons. The molecule has 0 saturated carbocycles. The van der Waals surface area contributed by atoms with Gasteiger partial charge in [0.1, 0.15) is 0 Å². The van der Waals surface area contributed by atoms with Crippen LogP contribution in [0.5, 0.6) is 0 Å². The number of esters is 2. The molecule has 0 spiro atoms. The van der Waals surface area contributed by atoms with Crippen LogP contribution in [0.25, 0.3) is 0 Å². The topological polar surface area (TPSA) is 77.5 Å². The largest absolute Gasteiger partial charge is 0.465 e. The maximum atomic E-state index is 12.6. The first-order valence-corrected chi connectivity index (χ1v) is 9.50. The number of rotatable bonds is 6. The number of cyclic esters (lactones) is 1. The molecule has 0 bridgehead atoms. The van der Waals surface area contributed by atoms with Crippen molar-refractivity contribution in [2.75, 3.05) is 11.9 Å². The normalized spacial score (nSPS) is 25.0. The highest BCUT2D eigenvalue weighted by Gasteiger charge is 2.60. The summed E-state index contributed by atoms with van der Waals surface area (Å²) in [6.07, 6.45) is 0.558. The van der Waals surface area contributed by atoms with Crippen molar-refractivity contribution < 1.29 is 19.1 Å². The zero-order valence-corrected chi connectivity index (χ0v) is 15.9. The third-order valence-electron chi connectivity index (χ3n) is 4.69. The molecule has 0 aliphatic carbocycles. The highest BCUT2D eigenvalue weighted by atomic mass is 32.1. The Morgan fingerprint density at radius 3 is 2.73 bits per heavy atom. The number of aromatic nitrogens is 1. The van der Waals surface area contributed by atoms with E-state index in [1.807, 2.05) is 35.7 Å². The van der Waals surface area contributed by atoms with Gasteiger partial charge in [0.2, 0.25) is 0 Å². The van der Waals surface area contributed by atoms with Gasteiger partial charge in [-0.05, 0) is 32.4 Å². The molecule has 3 rings (SSSR count). The Morgan fingerprint density at radius 2 is 2.08 bits per heavy atom. The molecule has 6 nitrogen and oxygen atoms in total. The molecule has 0 unspecified atom stereocenters. The summed E-state index contributed by atoms with van der Waals surface area (Å²) in [6.45, 7) is 5.55. The second kappa shape index (κ2) is 7.07. The number of hydrogen-bond donors (Lipinski definition) is 1. The molecular formula is C19H22N2O4S. The number of nitrogens with zero attached hydrogens (tertiary/aromatic N) is 1. The molecule has 0 amide bonds. The molecule has 1 saturated heterocycles. The van der Waals surface area contributed by atoms with E-state index in [0.717, 1.165) is 5.69 Å². The van der Waals surface area contributed by atoms with Crippen molar-refractivity contribution in [3.8, 4) is 0 Å². The molecule has 1 aromatic carbocycles. The van der Waals surface area contributed by atoms with Crippen LogP contribution in [-0.2, 0) is 24.7 Å². The predicted octanol–water partition coefficient (Wildman–Crippen LogP) is 4.01. The fourth-order valence-corrected chi connectivity index (χ4v) is 4.04. The van der Waals surface area contributed by atoms with E-state index in [4.69, 9.17) is 9.47 Å². The van der Waals surface area contributed by atoms with Crippen LogP contribution in [-0.4, -0.2) is 23.5 Å². The third-order valence-corrected chi connectivity index (χ3v) is 5.45. The van der Waals surface area contributed by atoms with Crippen molar-refractivity contribution in [1.29, 1.82) is 0 Å². The van der Waals surface area contributed by atoms with Gasteiger partial charge in [0.15, 0.2) is 16.1 Å². The Balaban J connectivity index is 1.83. The molecule has 1 aliphatic rings. The number of carbonyl (C=O) groups is 2. The molecule has 1 fully saturated rings. The van der Waals surface area contributed by atoms with Crippen molar-refractivity contribution in [1.82, 2.24) is 4.98 Å². The highest BCUT2D eigenvalue weighted by molar-refractivity contribution is 7.13. The Kier molecular flexibility index (Phi) is 5.00. The van der Waals surface area contributed by atoms with Crippen molar-refractivity contribution in [2.24, 2.45) is 5.41 Å². The van der Waals surface area contributed by atoms with Gasteiger partial charge < -0.3 is 14.8 Å². The Labute approximate surface area is 156 Å². The van der Waals surface area contributed by atoms with E-state index < -0.39 is 23.0 Å². The third kappa shape index (κ3) is 3.19. The number of thiazole rings is 1. The molecule has 1 aliphatic heterocycles. The molecule has 2 aromatic rings. The lowest BCUT2D eigenvalue weighted by molar-refractivity contribution is -0.166. The summed E-state index contributed by atoms with van der Waals surface area (Å²) in [6, 6.07) is 9.71. The number of benzene rings is 1. The van der Waals surface area contributed by atoms with E-state index in [2.05, 4.69) is 10.3 Å². The summed E-state index contributed by atoms with van der Waals surface area (Å²) in [5, 5.41) is 5.79. The number of para-hydroxylation sites is 1. The standard InChI is InChI=1S/C19H22N2O4S/c1-4-19(15(22)24-5-2)12-18(3,25-16(19)23)14-11-26-17(21-14)20-13-9-7-6-8-10-13/h6-11H,4-5,12H2,1-3H3,(H,20,21)/t18-,19-/m0/s1. The summed E-state index contributed by atoms with van der Waals surface area (Å²) in [5.41, 5.74) is -0.653. The summed E-state index contributed by atoms with van der Waals surface area (Å²) >= 11 is 1.43. The summed E-state index contributed by atoms with van der Waals surface area (Å²) < 4.78 is 10.8. The molecule has 1 aromatic heterocycles. The minimum Gasteiger partial charge on any atom is -0.465 e. The van der Waals surface area contributed by atoms with Gasteiger partial charge in [0, 0.05) is 17.5 Å². The van der Waals surface area contributed by atoms with Crippen molar-refractivity contribution in [3.05, 3.63) is 41.4 Å². The van der Waals surface area contributed by atoms with Gasteiger partial charge in [-0.1, -0.05) is 25.1 Å². The minimum absolute atomic E-state index is 0.225. The SMILES string of the molecule is CCOC(=O)[C@]1(CC)C[C@@](C)(c2csc(Nc3ccccc3)n2)OC1=O. The second-order valence-electron chi connectivity index (χ2n) is 6.48. The monoisotopic (exact) mass is 374 g/mol. The number of anilines is 2. The van der Waals surface area contributed by atoms with Gasteiger partial charge in [-0.15, -0.1) is 11.3 Å². The van der Waals surface area contributed by atoms with E-state index in [1.165, 1.54) is 11.3 Å². The zero-order chi connectivity index (χ0) is 18.8. The van der Waals surface area contributed by atoms with Gasteiger partial charge >= 0.3 is 11.9 Å². The van der Waals surface area contributed by atoms with Crippen LogP contribution in [0.15, 0.2) is 35.7 Å². The van der Waals surface area contributed by atoms with E-state index in [1.54, 1.807) is 20.8 Å². The average Bonchev–Trinajstić information content (AvgIpc) is 3.20. The van der Waals surface area contributed by atoms with Crippen molar-refractivity contribution in [3.63, 3.8) is 0 Å². The summed E-state index contributed by atoms with van der Waals surface area (Å²) in [4.78, 5) is 29.6. The summed E-state index contributed by atoms with van der Waals surface area (Å²) in [7, 11) is 0. The lowest BCUT2D eigenvalue weighted by Crippen LogP contribution is -2.37. The number of carbonyl (C=O) groups excluding carboxylic acids is 2. The minimum atomic E-state index is -1.26. The zero-order valence-electron chi connectivity index (χ0n) is 15.1. The number of hydrogen-bond acceptors (Lipinski definition) is 7. The van der Waals surface area contributed by atoms with E-state index in [-0.39, 0.29) is 13.0 Å². The first-order valence-electron chi connectivity index (χ1n) is 8.62. The average molecular weight is 374 g/mol. The van der Waals surface area contributed by atoms with E-state index in [9.17, 15) is 9.59 Å². The maximum Gasteiger partial charge on any atom is 0.324 e. The van der Waals surface area contributed by atoms with Crippen LogP contribution in [0.3, 0.4) is 0 Å². The van der Waals surface area contributed by atoms with Crippen LogP contribution in [0.1, 0.15) is 39.3 Å². The van der Waals surface area contributed by atoms with Gasteiger partial charge in [-0.2, -0.15) is 0 Å². The molecule has 1 N–H and O–H groups in total. The van der Waals surface area contributed by atoms with E-state index >= 15 is 0 Å². The van der Waals surface area contributed by atoms with Crippen LogP contribution in [0, 0.1) is 5.41 Å². The molecular weight excluding hydrogens is 352 g/mol. The number of nitrogens with one attached hydrogen (secondary N) is 1. The number of ether oxygens (including phenoxy) is 2. The smallest absolute Gasteiger partial charge is 0.324 e. The first-order chi connectivity index (χ1) is 12.4. The van der Waals surface area contributed by atoms with Gasteiger partial charge in [-0.25, -0.2) is 4.98 Å². The predicted molar refractivity (Wildman–Crippen MR) is 99.3 cm³/mol. The van der Waals surface area contributed by atoms with Crippen LogP contribution in [0.4, 0.5) is 10.8 Å². The molecule has 2 atom stereocenters. The van der Waals surface area contributed by atoms with Crippen LogP contribution >= 0.6 is 11.3 Å². The molecule has 26 heavy (non-hydrogen) atoms. The Hall–Kier alpha value is -2.41. The fraction of sp³-hybridized carbons (Fsp3) is 0.421. The van der Waals surface area contributed by atoms with Gasteiger partial charge in [0.05, 0.1) is 12.3 Å². The fourth-order valence-electron chi connectivity index (χ4n) is 3.19.